The van der Waals surface area contributed by atoms with E-state index in [0.717, 1.165) is 63.4 Å². The highest BCUT2D eigenvalue weighted by Gasteiger charge is 2.41. The van der Waals surface area contributed by atoms with Gasteiger partial charge in [-0.3, -0.25) is 9.69 Å². The van der Waals surface area contributed by atoms with Crippen LogP contribution in [-0.4, -0.2) is 50.1 Å². The lowest BCUT2D eigenvalue weighted by Gasteiger charge is -2.38. The van der Waals surface area contributed by atoms with Crippen LogP contribution in [0.1, 0.15) is 43.2 Å². The molecule has 4 rings (SSSR count). The Labute approximate surface area is 216 Å². The van der Waals surface area contributed by atoms with E-state index in [2.05, 4.69) is 10.2 Å². The predicted octanol–water partition coefficient (Wildman–Crippen LogP) is 5.92. The van der Waals surface area contributed by atoms with Crippen molar-refractivity contribution in [3.63, 3.8) is 0 Å². The van der Waals surface area contributed by atoms with Crippen LogP contribution in [0.25, 0.3) is 0 Å². The Morgan fingerprint density at radius 3 is 2.26 bits per heavy atom. The van der Waals surface area contributed by atoms with Gasteiger partial charge in [-0.1, -0.05) is 49.1 Å². The average molecular weight is 530 g/mol. The van der Waals surface area contributed by atoms with Gasteiger partial charge in [-0.05, 0) is 48.7 Å². The van der Waals surface area contributed by atoms with Gasteiger partial charge in [-0.25, -0.2) is 0 Å². The molecule has 2 aliphatic rings. The van der Waals surface area contributed by atoms with Gasteiger partial charge in [0.25, 0.3) is 0 Å². The van der Waals surface area contributed by atoms with Gasteiger partial charge in [-0.2, -0.15) is 13.2 Å². The summed E-state index contributed by atoms with van der Waals surface area (Å²) in [6.45, 7) is 4.08. The summed E-state index contributed by atoms with van der Waals surface area (Å²) in [5, 5.41) is 3.83. The molecule has 1 aliphatic heterocycles. The maximum atomic E-state index is 13.3. The van der Waals surface area contributed by atoms with Gasteiger partial charge in [0, 0.05) is 50.0 Å². The number of rotatable bonds is 6. The first kappa shape index (κ1) is 27.6. The van der Waals surface area contributed by atoms with Crippen LogP contribution in [0.4, 0.5) is 18.9 Å². The van der Waals surface area contributed by atoms with Crippen molar-refractivity contribution < 1.29 is 18.0 Å². The number of halogens is 5. The molecule has 0 bridgehead atoms. The van der Waals surface area contributed by atoms with Crippen molar-refractivity contribution in [2.24, 2.45) is 0 Å². The molecule has 2 aromatic rings. The van der Waals surface area contributed by atoms with Gasteiger partial charge in [0.1, 0.15) is 0 Å². The summed E-state index contributed by atoms with van der Waals surface area (Å²) in [6.07, 6.45) is 0.573. The van der Waals surface area contributed by atoms with Gasteiger partial charge in [0.15, 0.2) is 0 Å². The second-order valence-electron chi connectivity index (χ2n) is 9.28. The normalized spacial score (nSPS) is 18.6. The smallest absolute Gasteiger partial charge is 0.369 e. The minimum atomic E-state index is -4.34. The Kier molecular flexibility index (Phi) is 9.35. The minimum absolute atomic E-state index is 0. The topological polar surface area (TPSA) is 35.6 Å². The first-order chi connectivity index (χ1) is 16.3. The molecule has 1 saturated carbocycles. The standard InChI is InChI=1S/C26H31ClF3N3O.ClH/c27-22-9-7-20(8-10-22)25(11-2-1-3-12-25)24(34)31-13-14-32-15-17-33(18-16-32)23-6-4-5-21(19-23)26(28,29)30;/h4-10,19H,1-3,11-18H2,(H,31,34);1H. The molecule has 1 amide bonds. The van der Waals surface area contributed by atoms with E-state index in [9.17, 15) is 18.0 Å². The fourth-order valence-corrected chi connectivity index (χ4v) is 5.30. The summed E-state index contributed by atoms with van der Waals surface area (Å²) < 4.78 is 39.1. The van der Waals surface area contributed by atoms with E-state index in [-0.39, 0.29) is 18.3 Å². The second-order valence-corrected chi connectivity index (χ2v) is 9.72. The highest BCUT2D eigenvalue weighted by Crippen LogP contribution is 2.40. The lowest BCUT2D eigenvalue weighted by atomic mass is 9.68. The van der Waals surface area contributed by atoms with Crippen molar-refractivity contribution >= 4 is 35.6 Å². The molecular formula is C26H32Cl2F3N3O. The first-order valence-corrected chi connectivity index (χ1v) is 12.3. The highest BCUT2D eigenvalue weighted by atomic mass is 35.5. The second kappa shape index (κ2) is 11.8. The van der Waals surface area contributed by atoms with E-state index in [1.165, 1.54) is 12.1 Å². The van der Waals surface area contributed by atoms with Gasteiger partial charge in [-0.15, -0.1) is 12.4 Å². The molecular weight excluding hydrogens is 498 g/mol. The molecule has 0 unspecified atom stereocenters. The lowest BCUT2D eigenvalue weighted by molar-refractivity contribution is -0.137. The highest BCUT2D eigenvalue weighted by molar-refractivity contribution is 6.30. The Morgan fingerprint density at radius 2 is 1.63 bits per heavy atom. The van der Waals surface area contributed by atoms with Gasteiger partial charge < -0.3 is 10.2 Å². The largest absolute Gasteiger partial charge is 0.416 e. The summed E-state index contributed by atoms with van der Waals surface area (Å²) in [5.41, 5.74) is 0.520. The molecule has 1 N–H and O–H groups in total. The van der Waals surface area contributed by atoms with Crippen LogP contribution in [-0.2, 0) is 16.4 Å². The third-order valence-corrected chi connectivity index (χ3v) is 7.42. The third-order valence-electron chi connectivity index (χ3n) is 7.16. The van der Waals surface area contributed by atoms with E-state index >= 15 is 0 Å². The number of amides is 1. The summed E-state index contributed by atoms with van der Waals surface area (Å²) >= 11 is 6.06. The van der Waals surface area contributed by atoms with Crippen LogP contribution in [0.15, 0.2) is 48.5 Å². The van der Waals surface area contributed by atoms with E-state index in [4.69, 9.17) is 11.6 Å². The molecule has 2 aromatic carbocycles. The number of anilines is 1. The predicted molar refractivity (Wildman–Crippen MR) is 137 cm³/mol. The molecule has 1 aliphatic carbocycles. The molecule has 1 saturated heterocycles. The zero-order valence-corrected chi connectivity index (χ0v) is 21.2. The van der Waals surface area contributed by atoms with Gasteiger partial charge in [0.05, 0.1) is 11.0 Å². The Bertz CT molecular complexity index is 971. The number of hydrogen-bond acceptors (Lipinski definition) is 3. The number of nitrogens with zero attached hydrogens (tertiary/aromatic N) is 2. The number of piperazine rings is 1. The van der Waals surface area contributed by atoms with Crippen molar-refractivity contribution in [1.29, 1.82) is 0 Å². The zero-order chi connectivity index (χ0) is 24.2. The third kappa shape index (κ3) is 6.63. The number of carbonyl (C=O) groups is 1. The molecule has 0 radical (unpaired) electrons. The van der Waals surface area contributed by atoms with Crippen LogP contribution in [0.5, 0.6) is 0 Å². The maximum Gasteiger partial charge on any atom is 0.416 e. The van der Waals surface area contributed by atoms with Crippen LogP contribution in [0, 0.1) is 0 Å². The zero-order valence-electron chi connectivity index (χ0n) is 19.6. The van der Waals surface area contributed by atoms with Crippen LogP contribution in [0.2, 0.25) is 5.02 Å². The number of nitrogens with one attached hydrogen (secondary N) is 1. The van der Waals surface area contributed by atoms with Gasteiger partial charge >= 0.3 is 6.18 Å². The lowest BCUT2D eigenvalue weighted by Crippen LogP contribution is -2.51. The fraction of sp³-hybridized carbons (Fsp3) is 0.500. The SMILES string of the molecule is Cl.O=C(NCCN1CCN(c2cccc(C(F)(F)F)c2)CC1)C1(c2ccc(Cl)cc2)CCCCC1. The fourth-order valence-electron chi connectivity index (χ4n) is 5.18. The van der Waals surface area contributed by atoms with Crippen LogP contribution >= 0.6 is 24.0 Å². The van der Waals surface area contributed by atoms with E-state index in [1.54, 1.807) is 6.07 Å². The van der Waals surface area contributed by atoms with E-state index in [1.807, 2.05) is 29.2 Å². The Balaban J connectivity index is 0.00000342. The van der Waals surface area contributed by atoms with E-state index < -0.39 is 17.2 Å². The molecule has 35 heavy (non-hydrogen) atoms. The number of benzene rings is 2. The summed E-state index contributed by atoms with van der Waals surface area (Å²) in [4.78, 5) is 17.6. The summed E-state index contributed by atoms with van der Waals surface area (Å²) in [5.74, 6) is 0.0807. The number of alkyl halides is 3. The van der Waals surface area contributed by atoms with Crippen molar-refractivity contribution in [3.05, 3.63) is 64.7 Å². The van der Waals surface area contributed by atoms with Crippen molar-refractivity contribution in [1.82, 2.24) is 10.2 Å². The number of hydrogen-bond donors (Lipinski definition) is 1. The molecule has 1 heterocycles. The summed E-state index contributed by atoms with van der Waals surface area (Å²) in [6, 6.07) is 13.2. The molecule has 0 spiro atoms. The van der Waals surface area contributed by atoms with Crippen molar-refractivity contribution in [2.45, 2.75) is 43.7 Å². The van der Waals surface area contributed by atoms with Crippen molar-refractivity contribution in [3.8, 4) is 0 Å². The average Bonchev–Trinajstić information content (AvgIpc) is 2.85. The van der Waals surface area contributed by atoms with Gasteiger partial charge in [0.2, 0.25) is 5.91 Å². The molecule has 2 fully saturated rings. The van der Waals surface area contributed by atoms with E-state index in [0.29, 0.717) is 30.3 Å². The molecule has 192 valence electrons. The van der Waals surface area contributed by atoms with Crippen LogP contribution in [0.3, 0.4) is 0 Å². The quantitative estimate of drug-likeness (QED) is 0.504. The molecule has 9 heteroatoms. The molecule has 4 nitrogen and oxygen atoms in total. The van der Waals surface area contributed by atoms with Crippen LogP contribution < -0.4 is 10.2 Å². The molecule has 0 aromatic heterocycles. The molecule has 0 atom stereocenters. The number of carbonyl (C=O) groups excluding carboxylic acids is 1. The maximum absolute atomic E-state index is 13.3. The first-order valence-electron chi connectivity index (χ1n) is 12.0. The monoisotopic (exact) mass is 529 g/mol. The minimum Gasteiger partial charge on any atom is -0.369 e. The Morgan fingerprint density at radius 1 is 0.971 bits per heavy atom. The Hall–Kier alpha value is -1.96. The summed E-state index contributed by atoms with van der Waals surface area (Å²) in [7, 11) is 0. The van der Waals surface area contributed by atoms with Crippen molar-refractivity contribution in [2.75, 3.05) is 44.2 Å².